The van der Waals surface area contributed by atoms with Crippen molar-refractivity contribution in [2.24, 2.45) is 0 Å². The van der Waals surface area contributed by atoms with Gasteiger partial charge in [0, 0.05) is 24.2 Å². The molecule has 1 heterocycles. The molecule has 0 aliphatic heterocycles. The number of aromatic nitrogens is 1. The number of benzene rings is 1. The Morgan fingerprint density at radius 3 is 2.32 bits per heavy atom. The van der Waals surface area contributed by atoms with Gasteiger partial charge in [0.05, 0.1) is 20.6 Å². The summed E-state index contributed by atoms with van der Waals surface area (Å²) in [5.74, 6) is 0.189. The fraction of sp³-hybridized carbons (Fsp3) is 0.312. The molecule has 1 atom stereocenters. The number of pyridine rings is 1. The molecule has 0 fully saturated rings. The molecule has 0 N–H and O–H groups in total. The molecule has 1 aromatic heterocycles. The number of nitrogens with zero attached hydrogens (tertiary/aromatic N) is 2. The maximum atomic E-state index is 11.8. The van der Waals surface area contributed by atoms with E-state index in [1.165, 1.54) is 5.56 Å². The van der Waals surface area contributed by atoms with Crippen LogP contribution in [0.1, 0.15) is 23.6 Å². The van der Waals surface area contributed by atoms with Crippen molar-refractivity contribution in [1.29, 1.82) is 0 Å². The number of hydroxylamine groups is 3. The van der Waals surface area contributed by atoms with Crippen molar-refractivity contribution < 1.29 is 4.65 Å². The zero-order valence-corrected chi connectivity index (χ0v) is 11.5. The Bertz CT molecular complexity index is 452. The molecule has 0 spiro atoms. The molecule has 3 heteroatoms. The maximum Gasteiger partial charge on any atom is 0.0789 e. The molecule has 1 unspecified atom stereocenters. The lowest BCUT2D eigenvalue weighted by Crippen LogP contribution is -2.34. The van der Waals surface area contributed by atoms with Crippen molar-refractivity contribution in [3.8, 4) is 0 Å². The summed E-state index contributed by atoms with van der Waals surface area (Å²) in [5.41, 5.74) is 2.25. The molecule has 0 aliphatic carbocycles. The molecule has 2 rings (SSSR count). The first-order valence-electron chi connectivity index (χ1n) is 6.56. The SMILES string of the molecule is C[N+](C)([O-])CCC(c1ccccc1)c1ccccn1. The van der Waals surface area contributed by atoms with Crippen LogP contribution in [0.4, 0.5) is 0 Å². The molecule has 19 heavy (non-hydrogen) atoms. The van der Waals surface area contributed by atoms with Gasteiger partial charge in [-0.3, -0.25) is 4.98 Å². The van der Waals surface area contributed by atoms with Crippen molar-refractivity contribution in [2.45, 2.75) is 12.3 Å². The lowest BCUT2D eigenvalue weighted by molar-refractivity contribution is -0.840. The predicted octanol–water partition coefficient (Wildman–Crippen LogP) is 3.18. The quantitative estimate of drug-likeness (QED) is 0.608. The molecule has 3 nitrogen and oxygen atoms in total. The van der Waals surface area contributed by atoms with E-state index < -0.39 is 0 Å². The van der Waals surface area contributed by atoms with Gasteiger partial charge in [-0.15, -0.1) is 0 Å². The highest BCUT2D eigenvalue weighted by atomic mass is 16.5. The summed E-state index contributed by atoms with van der Waals surface area (Å²) in [5, 5.41) is 11.8. The van der Waals surface area contributed by atoms with Crippen LogP contribution in [0, 0.1) is 5.21 Å². The molecule has 2 aromatic rings. The van der Waals surface area contributed by atoms with E-state index in [1.807, 2.05) is 42.6 Å². The Labute approximate surface area is 114 Å². The van der Waals surface area contributed by atoms with E-state index in [2.05, 4.69) is 17.1 Å². The lowest BCUT2D eigenvalue weighted by atomic mass is 9.92. The zero-order chi connectivity index (χ0) is 13.7. The minimum atomic E-state index is -0.268. The van der Waals surface area contributed by atoms with Crippen LogP contribution in [0.25, 0.3) is 0 Å². The molecule has 100 valence electrons. The third-order valence-corrected chi connectivity index (χ3v) is 3.20. The fourth-order valence-electron chi connectivity index (χ4n) is 2.19. The van der Waals surface area contributed by atoms with Crippen molar-refractivity contribution in [1.82, 2.24) is 4.98 Å². The van der Waals surface area contributed by atoms with Crippen LogP contribution in [-0.2, 0) is 0 Å². The average molecular weight is 256 g/mol. The van der Waals surface area contributed by atoms with Gasteiger partial charge in [-0.05, 0) is 17.7 Å². The molecule has 1 aromatic carbocycles. The van der Waals surface area contributed by atoms with Gasteiger partial charge in [-0.1, -0.05) is 36.4 Å². The van der Waals surface area contributed by atoms with E-state index in [1.54, 1.807) is 14.1 Å². The number of hydrogen-bond acceptors (Lipinski definition) is 2. The Morgan fingerprint density at radius 2 is 1.74 bits per heavy atom. The number of quaternary nitrogens is 1. The monoisotopic (exact) mass is 256 g/mol. The topological polar surface area (TPSA) is 36.0 Å². The predicted molar refractivity (Wildman–Crippen MR) is 77.5 cm³/mol. The first kappa shape index (κ1) is 13.7. The van der Waals surface area contributed by atoms with Crippen LogP contribution in [0.5, 0.6) is 0 Å². The van der Waals surface area contributed by atoms with Gasteiger partial charge in [0.1, 0.15) is 0 Å². The average Bonchev–Trinajstić information content (AvgIpc) is 2.40. The van der Waals surface area contributed by atoms with Gasteiger partial charge in [0.15, 0.2) is 0 Å². The summed E-state index contributed by atoms with van der Waals surface area (Å²) in [6, 6.07) is 16.2. The fourth-order valence-corrected chi connectivity index (χ4v) is 2.19. The minimum Gasteiger partial charge on any atom is -0.633 e. The third-order valence-electron chi connectivity index (χ3n) is 3.20. The molecule has 0 amide bonds. The summed E-state index contributed by atoms with van der Waals surface area (Å²) in [6.45, 7) is 0.579. The summed E-state index contributed by atoms with van der Waals surface area (Å²) in [4.78, 5) is 4.45. The zero-order valence-electron chi connectivity index (χ0n) is 11.5. The van der Waals surface area contributed by atoms with Crippen molar-refractivity contribution in [3.05, 3.63) is 71.2 Å². The van der Waals surface area contributed by atoms with Gasteiger partial charge < -0.3 is 9.85 Å². The summed E-state index contributed by atoms with van der Waals surface area (Å²) < 4.78 is -0.268. The van der Waals surface area contributed by atoms with Crippen LogP contribution in [0.15, 0.2) is 54.7 Å². The summed E-state index contributed by atoms with van der Waals surface area (Å²) in [6.07, 6.45) is 2.61. The van der Waals surface area contributed by atoms with Gasteiger partial charge in [0.25, 0.3) is 0 Å². The van der Waals surface area contributed by atoms with E-state index in [4.69, 9.17) is 0 Å². The van der Waals surface area contributed by atoms with E-state index in [-0.39, 0.29) is 10.6 Å². The minimum absolute atomic E-state index is 0.189. The van der Waals surface area contributed by atoms with E-state index in [0.29, 0.717) is 6.54 Å². The van der Waals surface area contributed by atoms with Gasteiger partial charge in [-0.25, -0.2) is 0 Å². The highest BCUT2D eigenvalue weighted by molar-refractivity contribution is 5.28. The first-order chi connectivity index (χ1) is 9.06. The van der Waals surface area contributed by atoms with Crippen molar-refractivity contribution in [3.63, 3.8) is 0 Å². The Morgan fingerprint density at radius 1 is 1.05 bits per heavy atom. The van der Waals surface area contributed by atoms with Gasteiger partial charge >= 0.3 is 0 Å². The summed E-state index contributed by atoms with van der Waals surface area (Å²) >= 11 is 0. The smallest absolute Gasteiger partial charge is 0.0789 e. The standard InChI is InChI=1S/C16H20N2O/c1-18(2,19)13-11-15(14-8-4-3-5-9-14)16-10-6-7-12-17-16/h3-10,12,15H,11,13H2,1-2H3. The van der Waals surface area contributed by atoms with E-state index >= 15 is 0 Å². The molecule has 0 saturated heterocycles. The van der Waals surface area contributed by atoms with Crippen LogP contribution in [0.3, 0.4) is 0 Å². The Hall–Kier alpha value is -1.71. The Balaban J connectivity index is 2.24. The normalized spacial score (nSPS) is 13.2. The van der Waals surface area contributed by atoms with Crippen molar-refractivity contribution in [2.75, 3.05) is 20.6 Å². The van der Waals surface area contributed by atoms with Crippen molar-refractivity contribution >= 4 is 0 Å². The molecule has 0 aliphatic rings. The first-order valence-corrected chi connectivity index (χ1v) is 6.56. The van der Waals surface area contributed by atoms with Gasteiger partial charge in [0.2, 0.25) is 0 Å². The molecular weight excluding hydrogens is 236 g/mol. The molecule has 0 saturated carbocycles. The second kappa shape index (κ2) is 5.95. The molecule has 0 bridgehead atoms. The van der Waals surface area contributed by atoms with E-state index in [9.17, 15) is 5.21 Å². The highest BCUT2D eigenvalue weighted by Crippen LogP contribution is 2.26. The number of hydrogen-bond donors (Lipinski definition) is 0. The van der Waals surface area contributed by atoms with Gasteiger partial charge in [-0.2, -0.15) is 0 Å². The molecular formula is C16H20N2O. The Kier molecular flexibility index (Phi) is 4.30. The van der Waals surface area contributed by atoms with Crippen LogP contribution < -0.4 is 0 Å². The van der Waals surface area contributed by atoms with Crippen LogP contribution in [0.2, 0.25) is 0 Å². The summed E-state index contributed by atoms with van der Waals surface area (Å²) in [7, 11) is 3.36. The van der Waals surface area contributed by atoms with Crippen LogP contribution in [-0.4, -0.2) is 30.3 Å². The second-order valence-corrected chi connectivity index (χ2v) is 5.30. The molecule has 0 radical (unpaired) electrons. The second-order valence-electron chi connectivity index (χ2n) is 5.30. The van der Waals surface area contributed by atoms with E-state index in [0.717, 1.165) is 12.1 Å². The third kappa shape index (κ3) is 4.16. The van der Waals surface area contributed by atoms with Crippen LogP contribution >= 0.6 is 0 Å². The largest absolute Gasteiger partial charge is 0.633 e. The lowest BCUT2D eigenvalue weighted by Gasteiger charge is -2.35. The number of rotatable bonds is 5. The maximum absolute atomic E-state index is 11.8. The highest BCUT2D eigenvalue weighted by Gasteiger charge is 2.17.